The van der Waals surface area contributed by atoms with E-state index in [0.717, 1.165) is 19.4 Å². The second kappa shape index (κ2) is 5.12. The van der Waals surface area contributed by atoms with Crippen LogP contribution in [-0.4, -0.2) is 34.6 Å². The van der Waals surface area contributed by atoms with Gasteiger partial charge in [-0.3, -0.25) is 4.79 Å². The minimum Gasteiger partial charge on any atom is -0.388 e. The number of piperidine rings is 1. The highest BCUT2D eigenvalue weighted by Gasteiger charge is 2.29. The normalized spacial score (nSPS) is 27.8. The van der Waals surface area contributed by atoms with E-state index in [4.69, 9.17) is 0 Å². The van der Waals surface area contributed by atoms with Crippen molar-refractivity contribution < 1.29 is 9.90 Å². The SMILES string of the molecule is CC=CC=CC(=O)N1CCCC(C)(O)C1. The molecule has 1 saturated heterocycles. The molecule has 3 heteroatoms. The highest BCUT2D eigenvalue weighted by molar-refractivity contribution is 5.88. The lowest BCUT2D eigenvalue weighted by Gasteiger charge is -2.36. The molecule has 1 fully saturated rings. The first-order valence-electron chi connectivity index (χ1n) is 5.36. The maximum absolute atomic E-state index is 11.7. The summed E-state index contributed by atoms with van der Waals surface area (Å²) in [5.74, 6) is -0.0203. The third-order valence-corrected chi connectivity index (χ3v) is 2.53. The van der Waals surface area contributed by atoms with Crippen LogP contribution in [0, 0.1) is 0 Å². The van der Waals surface area contributed by atoms with E-state index in [-0.39, 0.29) is 5.91 Å². The van der Waals surface area contributed by atoms with Crippen molar-refractivity contribution in [2.45, 2.75) is 32.3 Å². The minimum absolute atomic E-state index is 0.0203. The van der Waals surface area contributed by atoms with E-state index in [1.54, 1.807) is 24.0 Å². The summed E-state index contributed by atoms with van der Waals surface area (Å²) in [5.41, 5.74) is -0.720. The van der Waals surface area contributed by atoms with E-state index in [2.05, 4.69) is 0 Å². The molecule has 0 spiro atoms. The van der Waals surface area contributed by atoms with Gasteiger partial charge in [-0.1, -0.05) is 18.2 Å². The highest BCUT2D eigenvalue weighted by Crippen LogP contribution is 2.20. The van der Waals surface area contributed by atoms with Crippen LogP contribution in [0.4, 0.5) is 0 Å². The van der Waals surface area contributed by atoms with Crippen LogP contribution < -0.4 is 0 Å². The molecule has 84 valence electrons. The summed E-state index contributed by atoms with van der Waals surface area (Å²) in [7, 11) is 0. The summed E-state index contributed by atoms with van der Waals surface area (Å²) < 4.78 is 0. The molecule has 0 aromatic rings. The van der Waals surface area contributed by atoms with Crippen LogP contribution in [0.3, 0.4) is 0 Å². The molecule has 1 atom stereocenters. The average Bonchev–Trinajstić information content (AvgIpc) is 2.16. The molecule has 0 radical (unpaired) electrons. The zero-order chi connectivity index (χ0) is 11.3. The molecule has 0 saturated carbocycles. The maximum atomic E-state index is 11.7. The quantitative estimate of drug-likeness (QED) is 0.553. The number of carbonyl (C=O) groups is 1. The molecule has 1 N–H and O–H groups in total. The van der Waals surface area contributed by atoms with Gasteiger partial charge in [-0.05, 0) is 26.7 Å². The van der Waals surface area contributed by atoms with Crippen LogP contribution in [-0.2, 0) is 4.79 Å². The topological polar surface area (TPSA) is 40.5 Å². The van der Waals surface area contributed by atoms with E-state index >= 15 is 0 Å². The summed E-state index contributed by atoms with van der Waals surface area (Å²) in [6.45, 7) is 4.86. The van der Waals surface area contributed by atoms with Crippen LogP contribution in [0.2, 0.25) is 0 Å². The molecule has 0 aromatic carbocycles. The van der Waals surface area contributed by atoms with Crippen molar-refractivity contribution >= 4 is 5.91 Å². The summed E-state index contributed by atoms with van der Waals surface area (Å²) in [6, 6.07) is 0. The molecule has 1 aliphatic heterocycles. The number of amides is 1. The van der Waals surface area contributed by atoms with Gasteiger partial charge >= 0.3 is 0 Å². The lowest BCUT2D eigenvalue weighted by molar-refractivity contribution is -0.132. The smallest absolute Gasteiger partial charge is 0.246 e. The lowest BCUT2D eigenvalue weighted by atomic mass is 9.95. The van der Waals surface area contributed by atoms with Crippen molar-refractivity contribution in [2.24, 2.45) is 0 Å². The Bertz CT molecular complexity index is 279. The summed E-state index contributed by atoms with van der Waals surface area (Å²) in [4.78, 5) is 13.4. The van der Waals surface area contributed by atoms with E-state index in [0.29, 0.717) is 6.54 Å². The Kier molecular flexibility index (Phi) is 4.09. The Morgan fingerprint density at radius 1 is 1.47 bits per heavy atom. The first-order chi connectivity index (χ1) is 7.05. The number of rotatable bonds is 2. The van der Waals surface area contributed by atoms with E-state index < -0.39 is 5.60 Å². The molecular weight excluding hydrogens is 190 g/mol. The van der Waals surface area contributed by atoms with Gasteiger partial charge in [0.15, 0.2) is 0 Å². The Hall–Kier alpha value is -1.09. The van der Waals surface area contributed by atoms with Crippen molar-refractivity contribution in [3.8, 4) is 0 Å². The monoisotopic (exact) mass is 209 g/mol. The Morgan fingerprint density at radius 3 is 2.80 bits per heavy atom. The third kappa shape index (κ3) is 3.88. The van der Waals surface area contributed by atoms with Gasteiger partial charge in [-0.2, -0.15) is 0 Å². The summed E-state index contributed by atoms with van der Waals surface area (Å²) >= 11 is 0. The number of aliphatic hydroxyl groups is 1. The van der Waals surface area contributed by atoms with Gasteiger partial charge in [-0.25, -0.2) is 0 Å². The molecular formula is C12H19NO2. The van der Waals surface area contributed by atoms with Crippen LogP contribution >= 0.6 is 0 Å². The zero-order valence-corrected chi connectivity index (χ0v) is 9.44. The maximum Gasteiger partial charge on any atom is 0.246 e. The number of carbonyl (C=O) groups excluding carboxylic acids is 1. The molecule has 1 heterocycles. The number of hydrogen-bond donors (Lipinski definition) is 1. The Morgan fingerprint density at radius 2 is 2.20 bits per heavy atom. The van der Waals surface area contributed by atoms with Gasteiger partial charge in [0.1, 0.15) is 0 Å². The van der Waals surface area contributed by atoms with E-state index in [9.17, 15) is 9.90 Å². The third-order valence-electron chi connectivity index (χ3n) is 2.53. The Labute approximate surface area is 91.1 Å². The second-order valence-corrected chi connectivity index (χ2v) is 4.25. The van der Waals surface area contributed by atoms with Crippen LogP contribution in [0.15, 0.2) is 24.3 Å². The molecule has 15 heavy (non-hydrogen) atoms. The van der Waals surface area contributed by atoms with Crippen molar-refractivity contribution in [3.05, 3.63) is 24.3 Å². The van der Waals surface area contributed by atoms with Gasteiger partial charge in [0, 0.05) is 19.2 Å². The fourth-order valence-corrected chi connectivity index (χ4v) is 1.76. The summed E-state index contributed by atoms with van der Waals surface area (Å²) in [6.07, 6.45) is 8.61. The second-order valence-electron chi connectivity index (χ2n) is 4.25. The molecule has 0 bridgehead atoms. The van der Waals surface area contributed by atoms with Gasteiger partial charge in [0.2, 0.25) is 5.91 Å². The number of nitrogens with zero attached hydrogens (tertiary/aromatic N) is 1. The molecule has 1 amide bonds. The number of hydrogen-bond acceptors (Lipinski definition) is 2. The predicted octanol–water partition coefficient (Wildman–Crippen LogP) is 1.49. The van der Waals surface area contributed by atoms with E-state index in [1.807, 2.05) is 19.1 Å². The van der Waals surface area contributed by atoms with Crippen molar-refractivity contribution in [1.82, 2.24) is 4.90 Å². The standard InChI is InChI=1S/C12H19NO2/c1-3-4-5-7-11(14)13-9-6-8-12(2,15)10-13/h3-5,7,15H,6,8-10H2,1-2H3. The molecule has 1 rings (SSSR count). The fraction of sp³-hybridized carbons (Fsp3) is 0.583. The van der Waals surface area contributed by atoms with Gasteiger partial charge < -0.3 is 10.0 Å². The molecule has 3 nitrogen and oxygen atoms in total. The van der Waals surface area contributed by atoms with E-state index in [1.165, 1.54) is 0 Å². The van der Waals surface area contributed by atoms with Crippen molar-refractivity contribution in [3.63, 3.8) is 0 Å². The number of allylic oxidation sites excluding steroid dienone is 3. The average molecular weight is 209 g/mol. The molecule has 0 aromatic heterocycles. The zero-order valence-electron chi connectivity index (χ0n) is 9.44. The van der Waals surface area contributed by atoms with Gasteiger partial charge in [0.25, 0.3) is 0 Å². The predicted molar refractivity (Wildman–Crippen MR) is 60.4 cm³/mol. The highest BCUT2D eigenvalue weighted by atomic mass is 16.3. The number of likely N-dealkylation sites (tertiary alicyclic amines) is 1. The minimum atomic E-state index is -0.720. The molecule has 1 unspecified atom stereocenters. The van der Waals surface area contributed by atoms with Crippen molar-refractivity contribution in [2.75, 3.05) is 13.1 Å². The van der Waals surface area contributed by atoms with Gasteiger partial charge in [-0.15, -0.1) is 0 Å². The van der Waals surface area contributed by atoms with Crippen LogP contribution in [0.25, 0.3) is 0 Å². The van der Waals surface area contributed by atoms with Gasteiger partial charge in [0.05, 0.1) is 5.60 Å². The van der Waals surface area contributed by atoms with Crippen LogP contribution in [0.1, 0.15) is 26.7 Å². The number of β-amino-alcohol motifs (C(OH)–C–C–N with tert-alkyl or cyclic N) is 1. The summed E-state index contributed by atoms with van der Waals surface area (Å²) in [5, 5.41) is 9.83. The largest absolute Gasteiger partial charge is 0.388 e. The van der Waals surface area contributed by atoms with Crippen molar-refractivity contribution in [1.29, 1.82) is 0 Å². The first kappa shape index (κ1) is 12.0. The fourth-order valence-electron chi connectivity index (χ4n) is 1.76. The molecule has 1 aliphatic rings. The lowest BCUT2D eigenvalue weighted by Crippen LogP contribution is -2.48. The first-order valence-corrected chi connectivity index (χ1v) is 5.36. The molecule has 0 aliphatic carbocycles. The van der Waals surface area contributed by atoms with Crippen LogP contribution in [0.5, 0.6) is 0 Å². The Balaban J connectivity index is 2.53.